The molecule has 0 aromatic heterocycles. The largest absolute Gasteiger partial charge is 0.400 e. The van der Waals surface area contributed by atoms with Gasteiger partial charge in [0.05, 0.1) is 0 Å². The van der Waals surface area contributed by atoms with Crippen LogP contribution in [0, 0.1) is 0 Å². The molecular formula is C3H12O3Y. The predicted molar refractivity (Wildman–Crippen MR) is 24.4 cm³/mol. The standard InChI is InChI=1S/3CH4O.Y/c3*1-2;/h3*2H,1H3;. The van der Waals surface area contributed by atoms with Gasteiger partial charge in [0.25, 0.3) is 0 Å². The Morgan fingerprint density at radius 1 is 0.571 bits per heavy atom. The molecule has 0 rings (SSSR count). The van der Waals surface area contributed by atoms with Crippen LogP contribution in [0.25, 0.3) is 0 Å². The van der Waals surface area contributed by atoms with Crippen LogP contribution in [-0.4, -0.2) is 36.6 Å². The minimum atomic E-state index is 0. The smallest absolute Gasteiger partial charge is 0.0319 e. The van der Waals surface area contributed by atoms with Crippen molar-refractivity contribution in [1.82, 2.24) is 0 Å². The fourth-order valence-corrected chi connectivity index (χ4v) is 0. The van der Waals surface area contributed by atoms with Gasteiger partial charge in [-0.15, -0.1) is 0 Å². The first-order valence-corrected chi connectivity index (χ1v) is 1.34. The number of aliphatic hydroxyl groups is 3. The van der Waals surface area contributed by atoms with E-state index in [9.17, 15) is 0 Å². The Hall–Kier alpha value is 0.984. The maximum atomic E-state index is 7.00. The van der Waals surface area contributed by atoms with E-state index in [1.165, 1.54) is 0 Å². The van der Waals surface area contributed by atoms with Crippen LogP contribution in [0.1, 0.15) is 0 Å². The normalized spacial score (nSPS) is 2.57. The summed E-state index contributed by atoms with van der Waals surface area (Å²) in [5.74, 6) is 0. The van der Waals surface area contributed by atoms with Crippen molar-refractivity contribution in [3.63, 3.8) is 0 Å². The average molecular weight is 185 g/mol. The van der Waals surface area contributed by atoms with Crippen LogP contribution in [-0.2, 0) is 32.7 Å². The summed E-state index contributed by atoms with van der Waals surface area (Å²) in [4.78, 5) is 0. The van der Waals surface area contributed by atoms with Gasteiger partial charge in [-0.25, -0.2) is 0 Å². The van der Waals surface area contributed by atoms with Crippen LogP contribution in [0.15, 0.2) is 0 Å². The number of hydrogen-bond donors (Lipinski definition) is 3. The maximum absolute atomic E-state index is 7.00. The van der Waals surface area contributed by atoms with Crippen molar-refractivity contribution in [3.8, 4) is 0 Å². The molecule has 1 radical (unpaired) electrons. The number of hydrogen-bond acceptors (Lipinski definition) is 3. The van der Waals surface area contributed by atoms with Crippen molar-refractivity contribution in [2.24, 2.45) is 0 Å². The van der Waals surface area contributed by atoms with Crippen LogP contribution >= 0.6 is 0 Å². The predicted octanol–water partition coefficient (Wildman–Crippen LogP) is -1.18. The SMILES string of the molecule is CO.CO.CO.[Y]. The molecule has 45 valence electrons. The van der Waals surface area contributed by atoms with Gasteiger partial charge in [0.1, 0.15) is 0 Å². The molecule has 0 aromatic rings. The monoisotopic (exact) mass is 185 g/mol. The van der Waals surface area contributed by atoms with Crippen LogP contribution in [0.2, 0.25) is 0 Å². The number of rotatable bonds is 0. The molecule has 7 heavy (non-hydrogen) atoms. The average Bonchev–Trinajstić information content (AvgIpc) is 1.81. The van der Waals surface area contributed by atoms with Gasteiger partial charge in [0.15, 0.2) is 0 Å². The van der Waals surface area contributed by atoms with Crippen molar-refractivity contribution in [1.29, 1.82) is 0 Å². The first-order chi connectivity index (χ1) is 3.00. The Morgan fingerprint density at radius 3 is 0.571 bits per heavy atom. The summed E-state index contributed by atoms with van der Waals surface area (Å²) in [6.07, 6.45) is 0. The molecule has 0 bridgehead atoms. The van der Waals surface area contributed by atoms with E-state index in [4.69, 9.17) is 15.3 Å². The molecule has 0 saturated carbocycles. The molecule has 0 amide bonds. The van der Waals surface area contributed by atoms with Gasteiger partial charge in [0.2, 0.25) is 0 Å². The molecule has 0 saturated heterocycles. The van der Waals surface area contributed by atoms with E-state index >= 15 is 0 Å². The third kappa shape index (κ3) is 179. The van der Waals surface area contributed by atoms with Crippen LogP contribution in [0.3, 0.4) is 0 Å². The van der Waals surface area contributed by atoms with Gasteiger partial charge < -0.3 is 15.3 Å². The fraction of sp³-hybridized carbons (Fsp3) is 1.00. The molecule has 0 unspecified atom stereocenters. The van der Waals surface area contributed by atoms with E-state index in [1.54, 1.807) is 0 Å². The minimum Gasteiger partial charge on any atom is -0.400 e. The zero-order valence-electron chi connectivity index (χ0n) is 4.92. The second kappa shape index (κ2) is 258. The summed E-state index contributed by atoms with van der Waals surface area (Å²) < 4.78 is 0. The molecule has 3 N–H and O–H groups in total. The van der Waals surface area contributed by atoms with Crippen molar-refractivity contribution in [2.45, 2.75) is 0 Å². The topological polar surface area (TPSA) is 60.7 Å². The first kappa shape index (κ1) is 24.5. The van der Waals surface area contributed by atoms with Gasteiger partial charge in [-0.1, -0.05) is 0 Å². The van der Waals surface area contributed by atoms with Crippen molar-refractivity contribution >= 4 is 0 Å². The van der Waals surface area contributed by atoms with Crippen molar-refractivity contribution in [2.75, 3.05) is 21.3 Å². The van der Waals surface area contributed by atoms with Crippen LogP contribution < -0.4 is 0 Å². The third-order valence-electron chi connectivity index (χ3n) is 0. The molecule has 0 aliphatic rings. The van der Waals surface area contributed by atoms with E-state index in [0.29, 0.717) is 0 Å². The molecule has 0 atom stereocenters. The summed E-state index contributed by atoms with van der Waals surface area (Å²) in [5, 5.41) is 21.0. The van der Waals surface area contributed by atoms with E-state index in [1.807, 2.05) is 0 Å². The molecular weight excluding hydrogens is 173 g/mol. The van der Waals surface area contributed by atoms with Crippen LogP contribution in [0.5, 0.6) is 0 Å². The Morgan fingerprint density at radius 2 is 0.571 bits per heavy atom. The molecule has 0 aliphatic carbocycles. The van der Waals surface area contributed by atoms with E-state index < -0.39 is 0 Å². The Labute approximate surface area is 69.2 Å². The fourth-order valence-electron chi connectivity index (χ4n) is 0. The van der Waals surface area contributed by atoms with E-state index in [-0.39, 0.29) is 32.7 Å². The van der Waals surface area contributed by atoms with Gasteiger partial charge in [0, 0.05) is 54.0 Å². The number of aliphatic hydroxyl groups excluding tert-OH is 3. The summed E-state index contributed by atoms with van der Waals surface area (Å²) in [6.45, 7) is 0. The zero-order valence-corrected chi connectivity index (χ0v) is 7.76. The molecule has 0 aliphatic heterocycles. The second-order valence-electron chi connectivity index (χ2n) is 0. The first-order valence-electron chi connectivity index (χ1n) is 1.34. The zero-order chi connectivity index (χ0) is 6.00. The van der Waals surface area contributed by atoms with Gasteiger partial charge in [-0.05, 0) is 0 Å². The molecule has 0 spiro atoms. The minimum absolute atomic E-state index is 0. The molecule has 0 aromatic carbocycles. The Balaban J connectivity index is -0.00000000900. The van der Waals surface area contributed by atoms with E-state index in [0.717, 1.165) is 21.3 Å². The molecule has 0 fully saturated rings. The molecule has 4 heteroatoms. The van der Waals surface area contributed by atoms with Crippen molar-refractivity contribution in [3.05, 3.63) is 0 Å². The third-order valence-corrected chi connectivity index (χ3v) is 0. The summed E-state index contributed by atoms with van der Waals surface area (Å²) in [7, 11) is 3.00. The Bertz CT molecular complexity index is 10.1. The van der Waals surface area contributed by atoms with E-state index in [2.05, 4.69) is 0 Å². The van der Waals surface area contributed by atoms with Crippen LogP contribution in [0.4, 0.5) is 0 Å². The summed E-state index contributed by atoms with van der Waals surface area (Å²) >= 11 is 0. The second-order valence-corrected chi connectivity index (χ2v) is 0. The van der Waals surface area contributed by atoms with Gasteiger partial charge in [-0.3, -0.25) is 0 Å². The quantitative estimate of drug-likeness (QED) is 0.445. The van der Waals surface area contributed by atoms with Crippen molar-refractivity contribution < 1.29 is 48.0 Å². The Kier molecular flexibility index (Phi) is 905. The molecule has 0 heterocycles. The summed E-state index contributed by atoms with van der Waals surface area (Å²) in [5.41, 5.74) is 0. The molecule has 3 nitrogen and oxygen atoms in total. The summed E-state index contributed by atoms with van der Waals surface area (Å²) in [6, 6.07) is 0. The maximum Gasteiger partial charge on any atom is 0.0319 e. The van der Waals surface area contributed by atoms with Gasteiger partial charge in [-0.2, -0.15) is 0 Å². The van der Waals surface area contributed by atoms with Gasteiger partial charge >= 0.3 is 0 Å².